The van der Waals surface area contributed by atoms with Gasteiger partial charge in [0, 0.05) is 17.5 Å². The van der Waals surface area contributed by atoms with E-state index in [2.05, 4.69) is 15.3 Å². The third kappa shape index (κ3) is 5.52. The first-order chi connectivity index (χ1) is 13.0. The summed E-state index contributed by atoms with van der Waals surface area (Å²) in [6.45, 7) is 1.91. The lowest BCUT2D eigenvalue weighted by Gasteiger charge is -2.08. The molecule has 1 aromatic heterocycles. The molecule has 0 saturated carbocycles. The highest BCUT2D eigenvalue weighted by molar-refractivity contribution is 7.98. The second-order valence-electron chi connectivity index (χ2n) is 6.00. The minimum Gasteiger partial charge on any atom is -0.326 e. The molecule has 0 radical (unpaired) electrons. The van der Waals surface area contributed by atoms with Gasteiger partial charge in [0.1, 0.15) is 5.82 Å². The van der Waals surface area contributed by atoms with Crippen LogP contribution in [0.15, 0.2) is 64.5 Å². The summed E-state index contributed by atoms with van der Waals surface area (Å²) in [6.07, 6.45) is 0.00234. The SMILES string of the molecule is Cc1ccccc1NC(=O)Cc1cc(=O)[nH]c(SCc2ccc(F)cc2)n1. The maximum atomic E-state index is 13.0. The Kier molecular flexibility index (Phi) is 6.03. The molecule has 27 heavy (non-hydrogen) atoms. The molecule has 0 unspecified atom stereocenters. The summed E-state index contributed by atoms with van der Waals surface area (Å²) in [7, 11) is 0. The molecule has 7 heteroatoms. The quantitative estimate of drug-likeness (QED) is 0.503. The first-order valence-electron chi connectivity index (χ1n) is 8.32. The molecule has 2 N–H and O–H groups in total. The molecule has 0 fully saturated rings. The number of nitrogens with zero attached hydrogens (tertiary/aromatic N) is 1. The van der Waals surface area contributed by atoms with Crippen molar-refractivity contribution < 1.29 is 9.18 Å². The van der Waals surface area contributed by atoms with E-state index in [1.807, 2.05) is 31.2 Å². The largest absolute Gasteiger partial charge is 0.326 e. The van der Waals surface area contributed by atoms with Crippen molar-refractivity contribution in [1.82, 2.24) is 9.97 Å². The number of amides is 1. The van der Waals surface area contributed by atoms with Gasteiger partial charge in [-0.05, 0) is 36.2 Å². The number of carbonyl (C=O) groups excluding carboxylic acids is 1. The van der Waals surface area contributed by atoms with Gasteiger partial charge < -0.3 is 10.3 Å². The Morgan fingerprint density at radius 3 is 2.67 bits per heavy atom. The molecule has 0 aliphatic carbocycles. The number of para-hydroxylation sites is 1. The Bertz CT molecular complexity index is 1000. The molecule has 0 bridgehead atoms. The number of halogens is 1. The summed E-state index contributed by atoms with van der Waals surface area (Å²) < 4.78 is 13.0. The van der Waals surface area contributed by atoms with Crippen molar-refractivity contribution >= 4 is 23.4 Å². The van der Waals surface area contributed by atoms with Gasteiger partial charge in [-0.15, -0.1) is 0 Å². The summed E-state index contributed by atoms with van der Waals surface area (Å²) in [5.41, 5.74) is 2.68. The normalized spacial score (nSPS) is 10.6. The average molecular weight is 383 g/mol. The van der Waals surface area contributed by atoms with Gasteiger partial charge in [-0.3, -0.25) is 9.59 Å². The van der Waals surface area contributed by atoms with E-state index in [0.717, 1.165) is 16.8 Å². The van der Waals surface area contributed by atoms with Gasteiger partial charge in [-0.2, -0.15) is 0 Å². The van der Waals surface area contributed by atoms with Crippen LogP contribution in [0.3, 0.4) is 0 Å². The van der Waals surface area contributed by atoms with Gasteiger partial charge in [0.2, 0.25) is 5.91 Å². The lowest BCUT2D eigenvalue weighted by atomic mass is 10.2. The fourth-order valence-corrected chi connectivity index (χ4v) is 3.30. The molecule has 0 atom stereocenters. The molecule has 3 rings (SSSR count). The van der Waals surface area contributed by atoms with E-state index >= 15 is 0 Å². The zero-order valence-electron chi connectivity index (χ0n) is 14.7. The van der Waals surface area contributed by atoms with Crippen molar-refractivity contribution in [2.75, 3.05) is 5.32 Å². The van der Waals surface area contributed by atoms with Crippen LogP contribution >= 0.6 is 11.8 Å². The molecule has 0 aliphatic heterocycles. The van der Waals surface area contributed by atoms with Crippen LogP contribution < -0.4 is 10.9 Å². The van der Waals surface area contributed by atoms with Gasteiger partial charge in [0.05, 0.1) is 12.1 Å². The van der Waals surface area contributed by atoms with Crippen LogP contribution in [-0.2, 0) is 17.0 Å². The van der Waals surface area contributed by atoms with E-state index < -0.39 is 0 Å². The topological polar surface area (TPSA) is 74.8 Å². The number of hydrogen-bond donors (Lipinski definition) is 2. The van der Waals surface area contributed by atoms with Crippen molar-refractivity contribution in [2.24, 2.45) is 0 Å². The van der Waals surface area contributed by atoms with Crippen LogP contribution in [0.1, 0.15) is 16.8 Å². The summed E-state index contributed by atoms with van der Waals surface area (Å²) in [6, 6.07) is 14.9. The van der Waals surface area contributed by atoms with Gasteiger partial charge in [-0.25, -0.2) is 9.37 Å². The minimum atomic E-state index is -0.315. The van der Waals surface area contributed by atoms with E-state index in [1.165, 1.54) is 30.0 Å². The third-order valence-electron chi connectivity index (χ3n) is 3.82. The maximum absolute atomic E-state index is 13.0. The Morgan fingerprint density at radius 2 is 1.93 bits per heavy atom. The van der Waals surface area contributed by atoms with Crippen molar-refractivity contribution in [3.63, 3.8) is 0 Å². The summed E-state index contributed by atoms with van der Waals surface area (Å²) in [5, 5.41) is 3.25. The van der Waals surface area contributed by atoms with Crippen molar-refractivity contribution in [2.45, 2.75) is 24.3 Å². The fraction of sp³-hybridized carbons (Fsp3) is 0.150. The van der Waals surface area contributed by atoms with Gasteiger partial charge in [-0.1, -0.05) is 42.1 Å². The number of nitrogens with one attached hydrogen (secondary N) is 2. The van der Waals surface area contributed by atoms with Crippen molar-refractivity contribution in [1.29, 1.82) is 0 Å². The Hall–Kier alpha value is -2.93. The number of aromatic amines is 1. The molecule has 0 spiro atoms. The maximum Gasteiger partial charge on any atom is 0.251 e. The van der Waals surface area contributed by atoms with Crippen molar-refractivity contribution in [3.05, 3.63) is 87.6 Å². The summed E-state index contributed by atoms with van der Waals surface area (Å²) in [4.78, 5) is 31.1. The zero-order chi connectivity index (χ0) is 19.2. The predicted octanol–water partition coefficient (Wildman–Crippen LogP) is 3.69. The number of hydrogen-bond acceptors (Lipinski definition) is 4. The highest BCUT2D eigenvalue weighted by atomic mass is 32.2. The molecular weight excluding hydrogens is 365 g/mol. The number of aryl methyl sites for hydroxylation is 1. The highest BCUT2D eigenvalue weighted by Crippen LogP contribution is 2.19. The number of H-pyrrole nitrogens is 1. The first kappa shape index (κ1) is 18.8. The second kappa shape index (κ2) is 8.64. The van der Waals surface area contributed by atoms with Crippen LogP contribution in [-0.4, -0.2) is 15.9 Å². The van der Waals surface area contributed by atoms with Gasteiger partial charge >= 0.3 is 0 Å². The summed E-state index contributed by atoms with van der Waals surface area (Å²) in [5.74, 6) is -0.00365. The van der Waals surface area contributed by atoms with E-state index in [-0.39, 0.29) is 23.7 Å². The van der Waals surface area contributed by atoms with Crippen molar-refractivity contribution in [3.8, 4) is 0 Å². The van der Waals surface area contributed by atoms with Gasteiger partial charge in [0.15, 0.2) is 5.16 Å². The number of aromatic nitrogens is 2. The van der Waals surface area contributed by atoms with E-state index in [0.29, 0.717) is 16.6 Å². The lowest BCUT2D eigenvalue weighted by molar-refractivity contribution is -0.115. The Balaban J connectivity index is 1.65. The smallest absolute Gasteiger partial charge is 0.251 e. The number of anilines is 1. The predicted molar refractivity (Wildman–Crippen MR) is 104 cm³/mol. The van der Waals surface area contributed by atoms with Crippen LogP contribution in [0.4, 0.5) is 10.1 Å². The van der Waals surface area contributed by atoms with E-state index in [1.54, 1.807) is 12.1 Å². The molecule has 1 amide bonds. The van der Waals surface area contributed by atoms with E-state index in [4.69, 9.17) is 0 Å². The minimum absolute atomic E-state index is 0.00234. The van der Waals surface area contributed by atoms with Crippen LogP contribution in [0.25, 0.3) is 0 Å². The molecule has 1 heterocycles. The highest BCUT2D eigenvalue weighted by Gasteiger charge is 2.09. The number of carbonyl (C=O) groups is 1. The standard InChI is InChI=1S/C20H18FN3O2S/c1-13-4-2-3-5-17(13)23-18(25)10-16-11-19(26)24-20(22-16)27-12-14-6-8-15(21)9-7-14/h2-9,11H,10,12H2,1H3,(H,23,25)(H,22,24,26). The Morgan fingerprint density at radius 1 is 1.19 bits per heavy atom. The molecule has 3 aromatic rings. The molecular formula is C20H18FN3O2S. The first-order valence-corrected chi connectivity index (χ1v) is 9.31. The van der Waals surface area contributed by atoms with E-state index in [9.17, 15) is 14.0 Å². The van der Waals surface area contributed by atoms with Crippen LogP contribution in [0, 0.1) is 12.7 Å². The monoisotopic (exact) mass is 383 g/mol. The molecule has 5 nitrogen and oxygen atoms in total. The van der Waals surface area contributed by atoms with Crippen LogP contribution in [0.5, 0.6) is 0 Å². The molecule has 2 aromatic carbocycles. The number of benzene rings is 2. The molecule has 0 aliphatic rings. The third-order valence-corrected chi connectivity index (χ3v) is 4.77. The second-order valence-corrected chi connectivity index (χ2v) is 6.96. The van der Waals surface area contributed by atoms with Gasteiger partial charge in [0.25, 0.3) is 5.56 Å². The van der Waals surface area contributed by atoms with Crippen LogP contribution in [0.2, 0.25) is 0 Å². The zero-order valence-corrected chi connectivity index (χ0v) is 15.5. The number of rotatable bonds is 6. The Labute approximate surface area is 160 Å². The fourth-order valence-electron chi connectivity index (χ4n) is 2.45. The molecule has 0 saturated heterocycles. The molecule has 138 valence electrons. The number of thioether (sulfide) groups is 1. The average Bonchev–Trinajstić information content (AvgIpc) is 2.63. The summed E-state index contributed by atoms with van der Waals surface area (Å²) >= 11 is 1.32. The lowest BCUT2D eigenvalue weighted by Crippen LogP contribution is -2.18.